The van der Waals surface area contributed by atoms with Gasteiger partial charge < -0.3 is 70.4 Å². The van der Waals surface area contributed by atoms with E-state index in [0.717, 1.165) is 24.5 Å². The van der Waals surface area contributed by atoms with Gasteiger partial charge in [0.15, 0.2) is 28.5 Å². The fourth-order valence-corrected chi connectivity index (χ4v) is 8.50. The molecule has 2 aromatic heterocycles. The molecule has 5 amide bonds. The van der Waals surface area contributed by atoms with Gasteiger partial charge in [0, 0.05) is 57.2 Å². The molecule has 3 aromatic carbocycles. The second-order valence-electron chi connectivity index (χ2n) is 19.5. The predicted molar refractivity (Wildman–Crippen MR) is 320 cm³/mol. The highest BCUT2D eigenvalue weighted by Gasteiger charge is 2.39. The van der Waals surface area contributed by atoms with Crippen LogP contribution >= 0.6 is 0 Å². The lowest BCUT2D eigenvalue weighted by molar-refractivity contribution is -0.161. The summed E-state index contributed by atoms with van der Waals surface area (Å²) in [7, 11) is 1.44. The van der Waals surface area contributed by atoms with Crippen LogP contribution < -0.4 is 41.6 Å². The number of nitrogens with one attached hydrogen (secondary N) is 3. The van der Waals surface area contributed by atoms with Gasteiger partial charge in [0.05, 0.1) is 73.1 Å². The largest absolute Gasteiger partial charge is 0.493 e. The van der Waals surface area contributed by atoms with E-state index in [4.69, 9.17) is 49.4 Å². The first-order chi connectivity index (χ1) is 42.2. The molecule has 0 spiro atoms. The number of imidazole rings is 1. The number of amides is 5. The topological polar surface area (TPSA) is 349 Å². The molecule has 26 nitrogen and oxygen atoms in total. The zero-order valence-electron chi connectivity index (χ0n) is 50.0. The molecule has 0 saturated carbocycles. The molecular weight excluding hydrogens is 1130 g/mol. The maximum absolute atomic E-state index is 14.4. The number of nitrogens with zero attached hydrogens (tertiary/aromatic N) is 5. The van der Waals surface area contributed by atoms with Crippen LogP contribution in [0.5, 0.6) is 23.5 Å². The van der Waals surface area contributed by atoms with Gasteiger partial charge in [-0.3, -0.25) is 38.2 Å². The van der Waals surface area contributed by atoms with E-state index >= 15 is 0 Å². The van der Waals surface area contributed by atoms with Crippen LogP contribution in [0.15, 0.2) is 78.9 Å². The minimum atomic E-state index is -1.56. The predicted octanol–water partition coefficient (Wildman–Crippen LogP) is 4.21. The zero-order chi connectivity index (χ0) is 62.8. The van der Waals surface area contributed by atoms with Crippen LogP contribution in [0.3, 0.4) is 0 Å². The van der Waals surface area contributed by atoms with E-state index in [2.05, 4.69) is 30.9 Å². The monoisotopic (exact) mass is 1210 g/mol. The Labute approximate surface area is 505 Å². The normalized spacial score (nSPS) is 11.8. The molecule has 87 heavy (non-hydrogen) atoms. The summed E-state index contributed by atoms with van der Waals surface area (Å²) in [5, 5.41) is 18.9. The maximum atomic E-state index is 14.4. The second kappa shape index (κ2) is 38.4. The molecule has 0 aliphatic carbocycles. The van der Waals surface area contributed by atoms with Crippen molar-refractivity contribution in [2.45, 2.75) is 97.2 Å². The number of hydrogen-bond donors (Lipinski definition) is 6. The van der Waals surface area contributed by atoms with Crippen molar-refractivity contribution in [3.05, 3.63) is 101 Å². The molecule has 0 bridgehead atoms. The molecule has 472 valence electrons. The Balaban J connectivity index is 0.943. The Hall–Kier alpha value is -8.72. The second-order valence-corrected chi connectivity index (χ2v) is 19.5. The van der Waals surface area contributed by atoms with Gasteiger partial charge >= 0.3 is 17.9 Å². The number of esters is 2. The molecule has 0 unspecified atom stereocenters. The minimum Gasteiger partial charge on any atom is -0.493 e. The Morgan fingerprint density at radius 3 is 2.06 bits per heavy atom. The number of aromatic hydroxyl groups is 1. The first kappa shape index (κ1) is 69.1. The molecule has 2 heterocycles. The van der Waals surface area contributed by atoms with Crippen LogP contribution in [-0.4, -0.2) is 176 Å². The lowest BCUT2D eigenvalue weighted by Crippen LogP contribution is -2.57. The van der Waals surface area contributed by atoms with Gasteiger partial charge in [-0.25, -0.2) is 4.79 Å². The summed E-state index contributed by atoms with van der Waals surface area (Å²) < 4.78 is 45.8. The molecule has 26 heteroatoms. The number of imide groups is 1. The minimum absolute atomic E-state index is 0.0464. The van der Waals surface area contributed by atoms with E-state index in [-0.39, 0.29) is 87.2 Å². The third kappa shape index (κ3) is 23.6. The number of carbonyl (C=O) groups excluding carboxylic acids is 7. The quantitative estimate of drug-likeness (QED) is 0.0181. The van der Waals surface area contributed by atoms with Gasteiger partial charge in [0.1, 0.15) is 12.1 Å². The van der Waals surface area contributed by atoms with Crippen molar-refractivity contribution in [2.24, 2.45) is 5.73 Å². The first-order valence-electron chi connectivity index (χ1n) is 29.1. The van der Waals surface area contributed by atoms with Gasteiger partial charge in [0.2, 0.25) is 11.8 Å². The summed E-state index contributed by atoms with van der Waals surface area (Å²) in [5.74, 6) is -3.68. The van der Waals surface area contributed by atoms with Gasteiger partial charge in [-0.15, -0.1) is 0 Å². The van der Waals surface area contributed by atoms with Gasteiger partial charge in [-0.1, -0.05) is 61.9 Å². The molecule has 0 saturated heterocycles. The summed E-state index contributed by atoms with van der Waals surface area (Å²) in [5.41, 5.74) is 14.7. The summed E-state index contributed by atoms with van der Waals surface area (Å²) in [6.45, 7) is 8.87. The van der Waals surface area contributed by atoms with E-state index in [1.165, 1.54) is 17.8 Å². The number of fused-ring (bicyclic) bond motifs is 1. The number of nitrogen functional groups attached to an aromatic ring is 1. The van der Waals surface area contributed by atoms with Crippen molar-refractivity contribution >= 4 is 64.5 Å². The van der Waals surface area contributed by atoms with Crippen LogP contribution in [0.2, 0.25) is 0 Å². The van der Waals surface area contributed by atoms with E-state index in [1.54, 1.807) is 86.6 Å². The standard InChI is InChI=1S/C61H82N10O16/c1-5-8-32-87-60-68-55(63)54-56(69-60)70(61(79)67-54)41-44-18-22-45(23-19-44)57(76)65-29-14-31-82-35-37-83-36-34-81-30-13-28-64-50(72)17-12-33-86-48-25-20-43(39-49(48)80-4)21-26-52(74)71(47(59(78)85-7-3)24-27-53(75)84-6-2)58(77)46(66-51(73)40-62)38-42-15-10-9-11-16-42/h9-11,15-16,18-23,25-26,39,46-47H,5-8,12-14,17,24,27-38,40-41,62H2,1-4H3,(H,64,72)(H,65,76)(H,66,73)(H,67,79)(H2,63,68,69)/b26-21+/t46-,47-/m1/s1. The van der Waals surface area contributed by atoms with Crippen molar-refractivity contribution < 1.29 is 76.6 Å². The molecule has 5 rings (SSSR count). The van der Waals surface area contributed by atoms with Gasteiger partial charge in [-0.2, -0.15) is 15.0 Å². The number of rotatable bonds is 41. The molecular formula is C61H82N10O16. The third-order valence-electron chi connectivity index (χ3n) is 12.9. The van der Waals surface area contributed by atoms with Crippen molar-refractivity contribution in [1.82, 2.24) is 40.4 Å². The molecule has 0 aliphatic rings. The highest BCUT2D eigenvalue weighted by molar-refractivity contribution is 6.08. The average Bonchev–Trinajstić information content (AvgIpc) is 3.63. The number of aromatic nitrogens is 4. The highest BCUT2D eigenvalue weighted by atomic mass is 16.5. The summed E-state index contributed by atoms with van der Waals surface area (Å²) in [6.07, 6.45) is 5.42. The van der Waals surface area contributed by atoms with Crippen LogP contribution in [0.25, 0.3) is 17.2 Å². The molecule has 0 fully saturated rings. The van der Waals surface area contributed by atoms with Crippen LogP contribution in [0.4, 0.5) is 5.82 Å². The fourth-order valence-electron chi connectivity index (χ4n) is 8.50. The number of nitrogens with two attached hydrogens (primary N) is 2. The lowest BCUT2D eigenvalue weighted by Gasteiger charge is -2.31. The van der Waals surface area contributed by atoms with Crippen molar-refractivity contribution in [3.8, 4) is 23.5 Å². The number of benzene rings is 3. The first-order valence-corrected chi connectivity index (χ1v) is 29.1. The molecule has 0 aliphatic heterocycles. The SMILES string of the molecule is CCCCOc1nc(N)c2nc(O)n(Cc3ccc(C(=O)NCCCOCCOCCOCCCNC(=O)CCCOc4ccc(/C=C/C(=O)N(C(=O)[C@@H](Cc5ccccc5)NC(=O)CN)[C@H](CCC(=O)OCC)C(=O)OCC)cc4OC)cc3)c2n1. The summed E-state index contributed by atoms with van der Waals surface area (Å²) in [6, 6.07) is 17.5. The summed E-state index contributed by atoms with van der Waals surface area (Å²) >= 11 is 0. The smallest absolute Gasteiger partial charge is 0.329 e. The Morgan fingerprint density at radius 1 is 0.713 bits per heavy atom. The van der Waals surface area contributed by atoms with E-state index in [1.807, 2.05) is 6.92 Å². The molecule has 0 radical (unpaired) electrons. The number of unbranched alkanes of at least 4 members (excludes halogenated alkanes) is 1. The lowest BCUT2D eigenvalue weighted by atomic mass is 10.0. The van der Waals surface area contributed by atoms with E-state index in [9.17, 15) is 38.7 Å². The van der Waals surface area contributed by atoms with Crippen molar-refractivity contribution in [3.63, 3.8) is 0 Å². The Morgan fingerprint density at radius 2 is 1.39 bits per heavy atom. The van der Waals surface area contributed by atoms with Crippen LogP contribution in [0, 0.1) is 0 Å². The van der Waals surface area contributed by atoms with Gasteiger partial charge in [-0.05, 0) is 93.0 Å². The number of anilines is 1. The zero-order valence-corrected chi connectivity index (χ0v) is 50.0. The molecule has 2 atom stereocenters. The average molecular weight is 1210 g/mol. The number of carbonyl (C=O) groups is 7. The number of methoxy groups -OCH3 is 1. The van der Waals surface area contributed by atoms with Crippen molar-refractivity contribution in [1.29, 1.82) is 0 Å². The third-order valence-corrected chi connectivity index (χ3v) is 12.9. The van der Waals surface area contributed by atoms with Crippen LogP contribution in [0.1, 0.15) is 99.2 Å². The van der Waals surface area contributed by atoms with E-state index in [0.29, 0.717) is 117 Å². The maximum Gasteiger partial charge on any atom is 0.329 e. The van der Waals surface area contributed by atoms with Crippen molar-refractivity contribution in [2.75, 3.05) is 98.5 Å². The number of ether oxygens (including phenoxy) is 8. The molecule has 5 aromatic rings. The number of hydrogen-bond acceptors (Lipinski definition) is 21. The Bertz CT molecular complexity index is 3020. The summed E-state index contributed by atoms with van der Waals surface area (Å²) in [4.78, 5) is 106. The Kier molecular flexibility index (Phi) is 30.4. The highest BCUT2D eigenvalue weighted by Crippen LogP contribution is 2.30. The van der Waals surface area contributed by atoms with Crippen LogP contribution in [-0.2, 0) is 65.4 Å². The van der Waals surface area contributed by atoms with E-state index < -0.39 is 48.3 Å². The van der Waals surface area contributed by atoms with Gasteiger partial charge in [0.25, 0.3) is 23.7 Å². The molecule has 8 N–H and O–H groups in total. The fraction of sp³-hybridized carbons (Fsp3) is 0.475.